The predicted molar refractivity (Wildman–Crippen MR) is 56.6 cm³/mol. The Morgan fingerprint density at radius 3 is 2.23 bits per heavy atom. The summed E-state index contributed by atoms with van der Waals surface area (Å²) in [5.74, 6) is 0.197. The topological polar surface area (TPSA) is 29.1 Å². The minimum absolute atomic E-state index is 0.139. The van der Waals surface area contributed by atoms with Crippen LogP contribution in [0.2, 0.25) is 0 Å². The molecule has 13 heavy (non-hydrogen) atoms. The number of carbonyl (C=O) groups excluding carboxylic acids is 1. The molecule has 0 rings (SSSR count). The van der Waals surface area contributed by atoms with E-state index in [1.807, 2.05) is 0 Å². The van der Waals surface area contributed by atoms with Crippen molar-refractivity contribution in [3.05, 3.63) is 0 Å². The summed E-state index contributed by atoms with van der Waals surface area (Å²) in [5.41, 5.74) is -0.139. The monoisotopic (exact) mass is 185 g/mol. The molecule has 0 fully saturated rings. The smallest absolute Gasteiger partial charge is 0.225 e. The van der Waals surface area contributed by atoms with E-state index in [4.69, 9.17) is 0 Å². The summed E-state index contributed by atoms with van der Waals surface area (Å²) in [6.45, 7) is 6.37. The lowest BCUT2D eigenvalue weighted by Gasteiger charge is -2.27. The van der Waals surface area contributed by atoms with Gasteiger partial charge in [-0.05, 0) is 12.8 Å². The van der Waals surface area contributed by atoms with Crippen molar-refractivity contribution in [2.75, 3.05) is 7.05 Å². The van der Waals surface area contributed by atoms with Crippen LogP contribution in [0.3, 0.4) is 0 Å². The molecule has 0 saturated heterocycles. The molecule has 0 saturated carbocycles. The highest BCUT2D eigenvalue weighted by Crippen LogP contribution is 2.29. The third-order valence-corrected chi connectivity index (χ3v) is 2.66. The summed E-state index contributed by atoms with van der Waals surface area (Å²) in [4.78, 5) is 11.6. The lowest BCUT2D eigenvalue weighted by atomic mass is 9.80. The van der Waals surface area contributed by atoms with E-state index < -0.39 is 0 Å². The maximum absolute atomic E-state index is 11.6. The van der Waals surface area contributed by atoms with Gasteiger partial charge in [0, 0.05) is 12.5 Å². The lowest BCUT2D eigenvalue weighted by Crippen LogP contribution is -2.36. The van der Waals surface area contributed by atoms with Gasteiger partial charge in [0.2, 0.25) is 5.91 Å². The number of hydrogen-bond acceptors (Lipinski definition) is 1. The molecular formula is C11H23NO. The normalized spacial score (nSPS) is 15.1. The van der Waals surface area contributed by atoms with Gasteiger partial charge in [-0.3, -0.25) is 4.79 Å². The maximum atomic E-state index is 11.6. The second kappa shape index (κ2) is 6.01. The van der Waals surface area contributed by atoms with Gasteiger partial charge in [-0.15, -0.1) is 0 Å². The van der Waals surface area contributed by atoms with Gasteiger partial charge in [-0.1, -0.05) is 40.0 Å². The fourth-order valence-electron chi connectivity index (χ4n) is 1.77. The molecule has 0 aromatic heterocycles. The molecule has 0 radical (unpaired) electrons. The van der Waals surface area contributed by atoms with E-state index in [0.29, 0.717) is 0 Å². The van der Waals surface area contributed by atoms with Crippen LogP contribution in [0.4, 0.5) is 0 Å². The second-order valence-corrected chi connectivity index (χ2v) is 3.99. The van der Waals surface area contributed by atoms with Crippen LogP contribution in [0.1, 0.15) is 52.9 Å². The minimum atomic E-state index is -0.139. The van der Waals surface area contributed by atoms with Crippen LogP contribution in [0.25, 0.3) is 0 Å². The van der Waals surface area contributed by atoms with Gasteiger partial charge in [0.15, 0.2) is 0 Å². The van der Waals surface area contributed by atoms with Crippen molar-refractivity contribution < 1.29 is 4.79 Å². The molecule has 0 aliphatic rings. The first-order valence-electron chi connectivity index (χ1n) is 5.33. The van der Waals surface area contributed by atoms with Gasteiger partial charge in [-0.25, -0.2) is 0 Å². The van der Waals surface area contributed by atoms with Crippen molar-refractivity contribution in [2.24, 2.45) is 5.41 Å². The van der Waals surface area contributed by atoms with E-state index in [1.165, 1.54) is 0 Å². The Labute approximate surface area is 82.1 Å². The van der Waals surface area contributed by atoms with Crippen molar-refractivity contribution in [1.29, 1.82) is 0 Å². The summed E-state index contributed by atoms with van der Waals surface area (Å²) < 4.78 is 0. The molecule has 2 heteroatoms. The molecule has 1 N–H and O–H groups in total. The number of nitrogens with one attached hydrogen (secondary N) is 1. The molecule has 0 spiro atoms. The van der Waals surface area contributed by atoms with Crippen LogP contribution in [-0.2, 0) is 4.79 Å². The molecule has 0 aliphatic carbocycles. The highest BCUT2D eigenvalue weighted by atomic mass is 16.2. The van der Waals surface area contributed by atoms with Gasteiger partial charge < -0.3 is 5.32 Å². The van der Waals surface area contributed by atoms with Crippen LogP contribution in [0, 0.1) is 5.41 Å². The molecule has 78 valence electrons. The summed E-state index contributed by atoms with van der Waals surface area (Å²) in [6.07, 6.45) is 5.39. The Kier molecular flexibility index (Phi) is 5.76. The standard InChI is InChI=1S/C11H23NO/c1-5-7-9-11(3,8-6-2)10(13)12-4/h5-9H2,1-4H3,(H,12,13). The summed E-state index contributed by atoms with van der Waals surface area (Å²) in [6, 6.07) is 0. The highest BCUT2D eigenvalue weighted by Gasteiger charge is 2.30. The number of unbranched alkanes of at least 4 members (excludes halogenated alkanes) is 1. The van der Waals surface area contributed by atoms with Crippen molar-refractivity contribution in [2.45, 2.75) is 52.9 Å². The molecule has 0 heterocycles. The van der Waals surface area contributed by atoms with E-state index >= 15 is 0 Å². The largest absolute Gasteiger partial charge is 0.359 e. The second-order valence-electron chi connectivity index (χ2n) is 3.99. The quantitative estimate of drug-likeness (QED) is 0.677. The number of carbonyl (C=O) groups is 1. The van der Waals surface area contributed by atoms with Gasteiger partial charge in [0.1, 0.15) is 0 Å². The Hall–Kier alpha value is -0.530. The van der Waals surface area contributed by atoms with Gasteiger partial charge in [0.25, 0.3) is 0 Å². The zero-order valence-corrected chi connectivity index (χ0v) is 9.44. The molecular weight excluding hydrogens is 162 g/mol. The number of hydrogen-bond donors (Lipinski definition) is 1. The van der Waals surface area contributed by atoms with Crippen LogP contribution >= 0.6 is 0 Å². The predicted octanol–water partition coefficient (Wildman–Crippen LogP) is 2.73. The fraction of sp³-hybridized carbons (Fsp3) is 0.909. The van der Waals surface area contributed by atoms with Crippen LogP contribution in [-0.4, -0.2) is 13.0 Å². The SMILES string of the molecule is CCCCC(C)(CCC)C(=O)NC. The summed E-state index contributed by atoms with van der Waals surface area (Å²) in [7, 11) is 1.72. The van der Waals surface area contributed by atoms with E-state index in [1.54, 1.807) is 7.05 Å². The Bertz CT molecular complexity index is 156. The molecule has 1 amide bonds. The fourth-order valence-corrected chi connectivity index (χ4v) is 1.77. The Balaban J connectivity index is 4.23. The first-order valence-corrected chi connectivity index (χ1v) is 5.33. The van der Waals surface area contributed by atoms with Crippen molar-refractivity contribution in [1.82, 2.24) is 5.32 Å². The van der Waals surface area contributed by atoms with E-state index in [-0.39, 0.29) is 11.3 Å². The van der Waals surface area contributed by atoms with Gasteiger partial charge in [-0.2, -0.15) is 0 Å². The summed E-state index contributed by atoms with van der Waals surface area (Å²) in [5, 5.41) is 2.76. The zero-order chi connectivity index (χ0) is 10.3. The van der Waals surface area contributed by atoms with Crippen LogP contribution in [0.15, 0.2) is 0 Å². The third-order valence-electron chi connectivity index (χ3n) is 2.66. The average Bonchev–Trinajstić information content (AvgIpc) is 2.14. The minimum Gasteiger partial charge on any atom is -0.359 e. The van der Waals surface area contributed by atoms with E-state index in [2.05, 4.69) is 26.1 Å². The third kappa shape index (κ3) is 3.79. The van der Waals surface area contributed by atoms with Crippen LogP contribution in [0.5, 0.6) is 0 Å². The maximum Gasteiger partial charge on any atom is 0.225 e. The van der Waals surface area contributed by atoms with Gasteiger partial charge in [0.05, 0.1) is 0 Å². The molecule has 1 unspecified atom stereocenters. The lowest BCUT2D eigenvalue weighted by molar-refractivity contribution is -0.130. The zero-order valence-electron chi connectivity index (χ0n) is 9.44. The molecule has 0 aromatic carbocycles. The van der Waals surface area contributed by atoms with Crippen molar-refractivity contribution >= 4 is 5.91 Å². The summed E-state index contributed by atoms with van der Waals surface area (Å²) >= 11 is 0. The highest BCUT2D eigenvalue weighted by molar-refractivity contribution is 5.81. The molecule has 1 atom stereocenters. The van der Waals surface area contributed by atoms with E-state index in [0.717, 1.165) is 32.1 Å². The first-order chi connectivity index (χ1) is 6.10. The van der Waals surface area contributed by atoms with Gasteiger partial charge >= 0.3 is 0 Å². The number of amides is 1. The van der Waals surface area contributed by atoms with Crippen molar-refractivity contribution in [3.63, 3.8) is 0 Å². The average molecular weight is 185 g/mol. The Morgan fingerprint density at radius 2 is 1.85 bits per heavy atom. The van der Waals surface area contributed by atoms with Crippen LogP contribution < -0.4 is 5.32 Å². The Morgan fingerprint density at radius 1 is 1.23 bits per heavy atom. The first kappa shape index (κ1) is 12.5. The molecule has 0 aliphatic heterocycles. The molecule has 2 nitrogen and oxygen atoms in total. The number of rotatable bonds is 6. The van der Waals surface area contributed by atoms with Crippen molar-refractivity contribution in [3.8, 4) is 0 Å². The molecule has 0 aromatic rings. The molecule has 0 bridgehead atoms. The van der Waals surface area contributed by atoms with E-state index in [9.17, 15) is 4.79 Å².